The third-order valence-corrected chi connectivity index (χ3v) is 4.19. The van der Waals surface area contributed by atoms with Gasteiger partial charge in [-0.1, -0.05) is 49.7 Å². The van der Waals surface area contributed by atoms with Crippen molar-refractivity contribution in [2.75, 3.05) is 12.5 Å². The Kier molecular flexibility index (Phi) is 8.38. The summed E-state index contributed by atoms with van der Waals surface area (Å²) in [5.41, 5.74) is 5.59. The van der Waals surface area contributed by atoms with Crippen molar-refractivity contribution >= 4 is 17.2 Å². The van der Waals surface area contributed by atoms with Crippen LogP contribution in [0.15, 0.2) is 0 Å². The van der Waals surface area contributed by atoms with Crippen molar-refractivity contribution in [1.29, 1.82) is 0 Å². The molecule has 2 aliphatic rings. The van der Waals surface area contributed by atoms with Gasteiger partial charge in [-0.2, -0.15) is 0 Å². The molecule has 118 valence electrons. The van der Waals surface area contributed by atoms with Gasteiger partial charge in [-0.15, -0.1) is 0 Å². The Labute approximate surface area is 126 Å². The molecule has 5 heteroatoms. The van der Waals surface area contributed by atoms with Gasteiger partial charge in [0.1, 0.15) is 0 Å². The van der Waals surface area contributed by atoms with Crippen LogP contribution in [0.25, 0.3) is 0 Å². The van der Waals surface area contributed by atoms with Crippen LogP contribution in [0, 0.1) is 0 Å². The lowest BCUT2D eigenvalue weighted by atomic mass is 9.89. The fraction of sp³-hybridized carbons (Fsp3) is 0.933. The lowest BCUT2D eigenvalue weighted by molar-refractivity contribution is 0.111. The van der Waals surface area contributed by atoms with E-state index in [1.54, 1.807) is 12.5 Å². The number of urea groups is 1. The normalized spacial score (nSPS) is 21.2. The average Bonchev–Trinajstić information content (AvgIpc) is 2.40. The quantitative estimate of drug-likeness (QED) is 0.797. The Hall–Kier alpha value is -0.420. The molecule has 0 unspecified atom stereocenters. The van der Waals surface area contributed by atoms with Crippen molar-refractivity contribution in [3.8, 4) is 0 Å². The minimum absolute atomic E-state index is 0.182. The largest absolute Gasteiger partial charge is 0.617 e. The highest BCUT2D eigenvalue weighted by Gasteiger charge is 2.30. The number of nitrogens with zero attached hydrogens (tertiary/aromatic N) is 1. The summed E-state index contributed by atoms with van der Waals surface area (Å²) in [5.74, 6) is 0. The molecule has 0 radical (unpaired) electrons. The molecular formula is C15H30N2O2S. The summed E-state index contributed by atoms with van der Waals surface area (Å²) in [6.45, 7) is 0. The molecule has 0 saturated heterocycles. The number of rotatable bonds is 2. The molecule has 2 amide bonds. The van der Waals surface area contributed by atoms with E-state index in [0.29, 0.717) is 12.1 Å². The molecule has 0 aliphatic heterocycles. The average molecular weight is 302 g/mol. The van der Waals surface area contributed by atoms with Crippen LogP contribution in [0.1, 0.15) is 64.2 Å². The molecule has 0 aromatic rings. The summed E-state index contributed by atoms with van der Waals surface area (Å²) in [6.07, 6.45) is 15.7. The number of hydrogen-bond donors (Lipinski definition) is 1. The fourth-order valence-electron chi connectivity index (χ4n) is 3.38. The molecule has 0 atom stereocenters. The van der Waals surface area contributed by atoms with Crippen LogP contribution in [0.4, 0.5) is 4.79 Å². The maximum Gasteiger partial charge on any atom is 0.315 e. The Bertz CT molecular complexity index is 254. The third kappa shape index (κ3) is 6.35. The molecule has 2 fully saturated rings. The van der Waals surface area contributed by atoms with Gasteiger partial charge in [0, 0.05) is 12.1 Å². The van der Waals surface area contributed by atoms with Crippen molar-refractivity contribution in [3.05, 3.63) is 0 Å². The Balaban J connectivity index is 0.000000444. The van der Waals surface area contributed by atoms with E-state index >= 15 is 0 Å². The molecule has 2 N–H and O–H groups in total. The standard InChI is InChI=1S/C13H24N2O.C2H6OS/c14-13(16)15(11-7-3-1-4-8-11)12-9-5-2-6-10-12;1-4(2)3/h11-12H,1-10H2,(H2,14,16);1-2H3. The van der Waals surface area contributed by atoms with E-state index in [9.17, 15) is 9.35 Å². The number of hydrogen-bond acceptors (Lipinski definition) is 2. The Morgan fingerprint density at radius 1 is 0.950 bits per heavy atom. The molecule has 0 bridgehead atoms. The van der Waals surface area contributed by atoms with Crippen molar-refractivity contribution in [3.63, 3.8) is 0 Å². The summed E-state index contributed by atoms with van der Waals surface area (Å²) in [7, 11) is 0. The summed E-state index contributed by atoms with van der Waals surface area (Å²) in [5, 5.41) is 0. The monoisotopic (exact) mass is 302 g/mol. The maximum absolute atomic E-state index is 11.6. The Morgan fingerprint density at radius 2 is 1.25 bits per heavy atom. The van der Waals surface area contributed by atoms with Crippen molar-refractivity contribution in [2.45, 2.75) is 76.3 Å². The van der Waals surface area contributed by atoms with Crippen LogP contribution in [-0.4, -0.2) is 40.1 Å². The highest BCUT2D eigenvalue weighted by Crippen LogP contribution is 2.29. The van der Waals surface area contributed by atoms with Crippen LogP contribution in [0.3, 0.4) is 0 Å². The molecule has 0 heterocycles. The maximum atomic E-state index is 11.6. The first-order valence-corrected chi connectivity index (χ1v) is 9.82. The molecule has 4 nitrogen and oxygen atoms in total. The molecular weight excluding hydrogens is 272 g/mol. The second kappa shape index (κ2) is 9.50. The number of carbonyl (C=O) groups excluding carboxylic acids is 1. The smallest absolute Gasteiger partial charge is 0.315 e. The van der Waals surface area contributed by atoms with Gasteiger partial charge in [0.05, 0.1) is 12.5 Å². The zero-order valence-electron chi connectivity index (χ0n) is 13.0. The first-order chi connectivity index (χ1) is 9.52. The number of carbonyl (C=O) groups is 1. The predicted octanol–water partition coefficient (Wildman–Crippen LogP) is 3.03. The summed E-state index contributed by atoms with van der Waals surface area (Å²) >= 11 is -0.611. The Morgan fingerprint density at radius 3 is 1.50 bits per heavy atom. The van der Waals surface area contributed by atoms with E-state index < -0.39 is 11.2 Å². The molecule has 0 spiro atoms. The van der Waals surface area contributed by atoms with Gasteiger partial charge in [-0.05, 0) is 25.7 Å². The molecule has 0 aromatic carbocycles. The van der Waals surface area contributed by atoms with E-state index in [-0.39, 0.29) is 6.03 Å². The topological polar surface area (TPSA) is 69.4 Å². The summed E-state index contributed by atoms with van der Waals surface area (Å²) in [6, 6.07) is 0.697. The zero-order chi connectivity index (χ0) is 15.0. The second-order valence-electron chi connectivity index (χ2n) is 6.07. The minimum atomic E-state index is -0.611. The van der Waals surface area contributed by atoms with E-state index in [0.717, 1.165) is 0 Å². The predicted molar refractivity (Wildman–Crippen MR) is 85.2 cm³/mol. The second-order valence-corrected chi connectivity index (χ2v) is 7.55. The zero-order valence-corrected chi connectivity index (χ0v) is 13.8. The molecule has 2 aliphatic carbocycles. The molecule has 20 heavy (non-hydrogen) atoms. The van der Waals surface area contributed by atoms with Crippen molar-refractivity contribution in [2.24, 2.45) is 5.73 Å². The van der Waals surface area contributed by atoms with E-state index in [1.807, 2.05) is 4.90 Å². The van der Waals surface area contributed by atoms with Gasteiger partial charge < -0.3 is 15.2 Å². The third-order valence-electron chi connectivity index (χ3n) is 4.19. The van der Waals surface area contributed by atoms with E-state index in [1.165, 1.54) is 64.2 Å². The number of primary amides is 1. The number of nitrogens with two attached hydrogens (primary N) is 1. The van der Waals surface area contributed by atoms with Gasteiger partial charge in [0.15, 0.2) is 0 Å². The molecule has 2 rings (SSSR count). The first kappa shape index (κ1) is 17.6. The van der Waals surface area contributed by atoms with E-state index in [2.05, 4.69) is 0 Å². The SMILES string of the molecule is C[S+](C)[O-].NC(=O)N(C1CCCCC1)C1CCCCC1. The summed E-state index contributed by atoms with van der Waals surface area (Å²) < 4.78 is 9.56. The molecule has 2 saturated carbocycles. The van der Waals surface area contributed by atoms with Gasteiger partial charge in [0.2, 0.25) is 0 Å². The van der Waals surface area contributed by atoms with Crippen LogP contribution in [-0.2, 0) is 11.2 Å². The molecule has 0 aromatic heterocycles. The van der Waals surface area contributed by atoms with Gasteiger partial charge in [-0.25, -0.2) is 4.79 Å². The van der Waals surface area contributed by atoms with Crippen LogP contribution < -0.4 is 5.73 Å². The first-order valence-electron chi connectivity index (χ1n) is 7.85. The van der Waals surface area contributed by atoms with E-state index in [4.69, 9.17) is 5.73 Å². The fourth-order valence-corrected chi connectivity index (χ4v) is 3.38. The van der Waals surface area contributed by atoms with Gasteiger partial charge in [-0.3, -0.25) is 0 Å². The van der Waals surface area contributed by atoms with Gasteiger partial charge in [0.25, 0.3) is 0 Å². The van der Waals surface area contributed by atoms with Crippen LogP contribution >= 0.6 is 0 Å². The minimum Gasteiger partial charge on any atom is -0.617 e. The number of amides is 2. The lowest BCUT2D eigenvalue weighted by Crippen LogP contribution is -2.51. The van der Waals surface area contributed by atoms with Crippen LogP contribution in [0.2, 0.25) is 0 Å². The lowest BCUT2D eigenvalue weighted by Gasteiger charge is -2.40. The van der Waals surface area contributed by atoms with Crippen molar-refractivity contribution < 1.29 is 9.35 Å². The van der Waals surface area contributed by atoms with Crippen molar-refractivity contribution in [1.82, 2.24) is 4.90 Å². The highest BCUT2D eigenvalue weighted by atomic mass is 32.2. The van der Waals surface area contributed by atoms with Gasteiger partial charge >= 0.3 is 6.03 Å². The van der Waals surface area contributed by atoms with Crippen LogP contribution in [0.5, 0.6) is 0 Å². The highest BCUT2D eigenvalue weighted by molar-refractivity contribution is 7.89. The summed E-state index contributed by atoms with van der Waals surface area (Å²) in [4.78, 5) is 13.7.